The van der Waals surface area contributed by atoms with Gasteiger partial charge in [-0.15, -0.1) is 10.2 Å². The Balaban J connectivity index is 1.18. The smallest absolute Gasteiger partial charge is 0.277 e. The van der Waals surface area contributed by atoms with Gasteiger partial charge in [0.15, 0.2) is 0 Å². The normalized spacial score (nSPS) is 11.0. The molecule has 1 amide bonds. The molecule has 9 heteroatoms. The number of imidazole rings is 1. The van der Waals surface area contributed by atoms with E-state index in [0.29, 0.717) is 30.5 Å². The number of carbonyl (C=O) groups excluding carboxylic acids is 1. The van der Waals surface area contributed by atoms with Crippen molar-refractivity contribution in [3.63, 3.8) is 0 Å². The van der Waals surface area contributed by atoms with Crippen molar-refractivity contribution in [1.29, 1.82) is 0 Å². The lowest BCUT2D eigenvalue weighted by Gasteiger charge is -2.06. The standard InChI is InChI=1S/C22H23N5O3S/c1-29-16-6-4-5-15(13-16)11-12-23-20(28)14-31-22-27-26-21(30-22)10-9-19-24-17-7-2-3-8-18(17)25-19/h2-8,13H,9-12,14H2,1H3,(H,23,28)(H,24,25). The van der Waals surface area contributed by atoms with Crippen LogP contribution in [0.15, 0.2) is 58.2 Å². The molecule has 0 radical (unpaired) electrons. The highest BCUT2D eigenvalue weighted by molar-refractivity contribution is 7.99. The van der Waals surface area contributed by atoms with Gasteiger partial charge in [0, 0.05) is 19.4 Å². The van der Waals surface area contributed by atoms with Crippen LogP contribution in [-0.4, -0.2) is 45.5 Å². The highest BCUT2D eigenvalue weighted by Crippen LogP contribution is 2.17. The first-order valence-electron chi connectivity index (χ1n) is 9.98. The Morgan fingerprint density at radius 1 is 1.13 bits per heavy atom. The first kappa shape index (κ1) is 20.9. The van der Waals surface area contributed by atoms with Crippen LogP contribution in [0.5, 0.6) is 5.75 Å². The van der Waals surface area contributed by atoms with Crippen molar-refractivity contribution in [2.45, 2.75) is 24.5 Å². The van der Waals surface area contributed by atoms with E-state index in [1.807, 2.05) is 48.5 Å². The molecule has 0 atom stereocenters. The van der Waals surface area contributed by atoms with Gasteiger partial charge in [-0.05, 0) is 36.2 Å². The number of para-hydroxylation sites is 2. The van der Waals surface area contributed by atoms with Gasteiger partial charge < -0.3 is 19.5 Å². The SMILES string of the molecule is COc1cccc(CCNC(=O)CSc2nnc(CCc3nc4ccccc4[nH]3)o2)c1. The monoisotopic (exact) mass is 437 g/mol. The van der Waals surface area contributed by atoms with E-state index in [1.54, 1.807) is 7.11 Å². The number of H-pyrrole nitrogens is 1. The molecule has 2 N–H and O–H groups in total. The van der Waals surface area contributed by atoms with Crippen molar-refractivity contribution >= 4 is 28.7 Å². The summed E-state index contributed by atoms with van der Waals surface area (Å²) in [6.45, 7) is 0.555. The van der Waals surface area contributed by atoms with Crippen LogP contribution in [0.4, 0.5) is 0 Å². The van der Waals surface area contributed by atoms with Crippen molar-refractivity contribution in [2.24, 2.45) is 0 Å². The molecule has 2 aromatic heterocycles. The zero-order chi connectivity index (χ0) is 21.5. The topological polar surface area (TPSA) is 106 Å². The minimum atomic E-state index is -0.0741. The molecule has 160 valence electrons. The zero-order valence-corrected chi connectivity index (χ0v) is 17.9. The van der Waals surface area contributed by atoms with Gasteiger partial charge in [-0.1, -0.05) is 36.0 Å². The number of aromatic nitrogens is 4. The molecule has 4 rings (SSSR count). The Morgan fingerprint density at radius 2 is 2.03 bits per heavy atom. The number of aryl methyl sites for hydroxylation is 2. The van der Waals surface area contributed by atoms with E-state index in [-0.39, 0.29) is 11.7 Å². The molecule has 2 heterocycles. The number of hydrogen-bond donors (Lipinski definition) is 2. The van der Waals surface area contributed by atoms with Crippen LogP contribution in [0, 0.1) is 0 Å². The number of hydrogen-bond acceptors (Lipinski definition) is 7. The number of methoxy groups -OCH3 is 1. The van der Waals surface area contributed by atoms with E-state index in [0.717, 1.165) is 34.6 Å². The number of rotatable bonds is 10. The van der Waals surface area contributed by atoms with E-state index < -0.39 is 0 Å². The van der Waals surface area contributed by atoms with Crippen LogP contribution in [0.25, 0.3) is 11.0 Å². The van der Waals surface area contributed by atoms with E-state index in [1.165, 1.54) is 11.8 Å². The quantitative estimate of drug-likeness (QED) is 0.367. The van der Waals surface area contributed by atoms with Crippen molar-refractivity contribution in [3.8, 4) is 5.75 Å². The number of amides is 1. The van der Waals surface area contributed by atoms with Gasteiger partial charge in [0.1, 0.15) is 11.6 Å². The summed E-state index contributed by atoms with van der Waals surface area (Å²) >= 11 is 1.23. The fourth-order valence-corrected chi connectivity index (χ4v) is 3.71. The minimum Gasteiger partial charge on any atom is -0.497 e. The second-order valence-electron chi connectivity index (χ2n) is 6.90. The summed E-state index contributed by atoms with van der Waals surface area (Å²) in [6, 6.07) is 15.7. The number of nitrogens with zero attached hydrogens (tertiary/aromatic N) is 3. The summed E-state index contributed by atoms with van der Waals surface area (Å²) in [5, 5.41) is 11.4. The molecule has 4 aromatic rings. The second-order valence-corrected chi connectivity index (χ2v) is 7.83. The molecule has 0 saturated heterocycles. The van der Waals surface area contributed by atoms with Gasteiger partial charge in [0.05, 0.1) is 23.9 Å². The molecule has 0 unspecified atom stereocenters. The first-order chi connectivity index (χ1) is 15.2. The maximum atomic E-state index is 12.1. The number of fused-ring (bicyclic) bond motifs is 1. The third-order valence-corrected chi connectivity index (χ3v) is 5.48. The molecule has 0 aliphatic heterocycles. The molecule has 0 bridgehead atoms. The third-order valence-electron chi connectivity index (χ3n) is 4.66. The molecular formula is C22H23N5O3S. The number of aromatic amines is 1. The van der Waals surface area contributed by atoms with Gasteiger partial charge in [-0.3, -0.25) is 4.79 Å². The van der Waals surface area contributed by atoms with Gasteiger partial charge in [0.2, 0.25) is 11.8 Å². The van der Waals surface area contributed by atoms with Gasteiger partial charge in [0.25, 0.3) is 5.22 Å². The van der Waals surface area contributed by atoms with Crippen LogP contribution in [0.3, 0.4) is 0 Å². The molecule has 31 heavy (non-hydrogen) atoms. The first-order valence-corrected chi connectivity index (χ1v) is 11.0. The molecule has 8 nitrogen and oxygen atoms in total. The Kier molecular flexibility index (Phi) is 6.83. The fraction of sp³-hybridized carbons (Fsp3) is 0.273. The third kappa shape index (κ3) is 5.85. The molecule has 0 spiro atoms. The predicted molar refractivity (Wildman–Crippen MR) is 118 cm³/mol. The van der Waals surface area contributed by atoms with Gasteiger partial charge in [-0.25, -0.2) is 4.98 Å². The number of benzene rings is 2. The number of thioether (sulfide) groups is 1. The summed E-state index contributed by atoms with van der Waals surface area (Å²) in [4.78, 5) is 19.9. The van der Waals surface area contributed by atoms with Crippen molar-refractivity contribution in [2.75, 3.05) is 19.4 Å². The average Bonchev–Trinajstić information content (AvgIpc) is 3.43. The molecule has 0 saturated carbocycles. The highest BCUT2D eigenvalue weighted by atomic mass is 32.2. The second kappa shape index (κ2) is 10.1. The van der Waals surface area contributed by atoms with Crippen molar-refractivity contribution < 1.29 is 13.9 Å². The number of ether oxygens (including phenoxy) is 1. The summed E-state index contributed by atoms with van der Waals surface area (Å²) in [6.07, 6.45) is 1.99. The van der Waals surface area contributed by atoms with Crippen molar-refractivity contribution in [3.05, 3.63) is 65.8 Å². The van der Waals surface area contributed by atoms with Crippen LogP contribution < -0.4 is 10.1 Å². The van der Waals surface area contributed by atoms with Crippen LogP contribution in [-0.2, 0) is 24.1 Å². The average molecular weight is 438 g/mol. The Morgan fingerprint density at radius 3 is 2.90 bits per heavy atom. The van der Waals surface area contributed by atoms with Gasteiger partial charge >= 0.3 is 0 Å². The number of carbonyl (C=O) groups is 1. The molecular weight excluding hydrogens is 414 g/mol. The van der Waals surface area contributed by atoms with Crippen LogP contribution in [0.2, 0.25) is 0 Å². The maximum Gasteiger partial charge on any atom is 0.277 e. The van der Waals surface area contributed by atoms with E-state index in [4.69, 9.17) is 9.15 Å². The van der Waals surface area contributed by atoms with E-state index in [9.17, 15) is 4.79 Å². The minimum absolute atomic E-state index is 0.0741. The largest absolute Gasteiger partial charge is 0.497 e. The van der Waals surface area contributed by atoms with Crippen LogP contribution in [0.1, 0.15) is 17.3 Å². The summed E-state index contributed by atoms with van der Waals surface area (Å²) < 4.78 is 10.8. The molecule has 0 aliphatic rings. The van der Waals surface area contributed by atoms with Crippen LogP contribution >= 0.6 is 11.8 Å². The summed E-state index contributed by atoms with van der Waals surface area (Å²) in [5.41, 5.74) is 3.06. The van der Waals surface area contributed by atoms with E-state index in [2.05, 4.69) is 25.5 Å². The Bertz CT molecular complexity index is 1120. The zero-order valence-electron chi connectivity index (χ0n) is 17.1. The Hall–Kier alpha value is -3.33. The van der Waals surface area contributed by atoms with Crippen molar-refractivity contribution in [1.82, 2.24) is 25.5 Å². The van der Waals surface area contributed by atoms with E-state index >= 15 is 0 Å². The summed E-state index contributed by atoms with van der Waals surface area (Å²) in [7, 11) is 1.64. The lowest BCUT2D eigenvalue weighted by atomic mass is 10.1. The maximum absolute atomic E-state index is 12.1. The number of nitrogens with one attached hydrogen (secondary N) is 2. The molecule has 2 aromatic carbocycles. The molecule has 0 fully saturated rings. The summed E-state index contributed by atoms with van der Waals surface area (Å²) in [5.74, 6) is 2.37. The predicted octanol–water partition coefficient (Wildman–Crippen LogP) is 3.19. The lowest BCUT2D eigenvalue weighted by molar-refractivity contribution is -0.118. The Labute approximate surface area is 183 Å². The lowest BCUT2D eigenvalue weighted by Crippen LogP contribution is -2.27. The fourth-order valence-electron chi connectivity index (χ4n) is 3.10. The molecule has 0 aliphatic carbocycles. The van der Waals surface area contributed by atoms with Gasteiger partial charge in [-0.2, -0.15) is 0 Å². The highest BCUT2D eigenvalue weighted by Gasteiger charge is 2.11.